The van der Waals surface area contributed by atoms with Gasteiger partial charge in [0.25, 0.3) is 0 Å². The monoisotopic (exact) mass is 270 g/mol. The first-order chi connectivity index (χ1) is 9.02. The lowest BCUT2D eigenvalue weighted by Crippen LogP contribution is -2.45. The van der Waals surface area contributed by atoms with Crippen molar-refractivity contribution in [2.24, 2.45) is 5.92 Å². The smallest absolute Gasteiger partial charge is 0.239 e. The van der Waals surface area contributed by atoms with Crippen LogP contribution < -0.4 is 5.32 Å². The number of likely N-dealkylation sites (tertiary alicyclic amines) is 1. The van der Waals surface area contributed by atoms with Gasteiger partial charge < -0.3 is 15.3 Å². The Bertz CT molecular complexity index is 305. The number of aliphatic hydroxyl groups excluding tert-OH is 1. The molecule has 0 aromatic carbocycles. The van der Waals surface area contributed by atoms with Crippen LogP contribution in [0.15, 0.2) is 0 Å². The van der Waals surface area contributed by atoms with Crippen molar-refractivity contribution in [3.05, 3.63) is 0 Å². The lowest BCUT2D eigenvalue weighted by Gasteiger charge is -2.23. The third kappa shape index (κ3) is 6.05. The van der Waals surface area contributed by atoms with Crippen LogP contribution in [0, 0.1) is 5.92 Å². The van der Waals surface area contributed by atoms with Crippen molar-refractivity contribution in [2.75, 3.05) is 19.7 Å². The molecule has 110 valence electrons. The molecule has 0 aromatic rings. The second-order valence-electron chi connectivity index (χ2n) is 5.70. The summed E-state index contributed by atoms with van der Waals surface area (Å²) in [5.41, 5.74) is 0. The summed E-state index contributed by atoms with van der Waals surface area (Å²) in [7, 11) is 0. The molecule has 1 unspecified atom stereocenters. The van der Waals surface area contributed by atoms with Crippen LogP contribution in [0.1, 0.15) is 46.0 Å². The molecular weight excluding hydrogens is 244 g/mol. The molecule has 5 heteroatoms. The molecule has 1 rings (SSSR count). The normalized spacial score (nSPS) is 18.3. The number of carbonyl (C=O) groups excluding carboxylic acids is 2. The zero-order valence-corrected chi connectivity index (χ0v) is 12.0. The van der Waals surface area contributed by atoms with E-state index in [-0.39, 0.29) is 31.0 Å². The van der Waals surface area contributed by atoms with Gasteiger partial charge in [0.2, 0.25) is 11.8 Å². The molecule has 5 nitrogen and oxygen atoms in total. The third-order valence-electron chi connectivity index (χ3n) is 3.35. The average molecular weight is 270 g/mol. The fraction of sp³-hybridized carbons (Fsp3) is 0.857. The first kappa shape index (κ1) is 16.0. The quantitative estimate of drug-likeness (QED) is 0.754. The van der Waals surface area contributed by atoms with E-state index in [2.05, 4.69) is 5.32 Å². The Hall–Kier alpha value is -1.10. The zero-order chi connectivity index (χ0) is 14.3. The van der Waals surface area contributed by atoms with Crippen LogP contribution in [-0.4, -0.2) is 47.6 Å². The highest BCUT2D eigenvalue weighted by atomic mass is 16.3. The van der Waals surface area contributed by atoms with Gasteiger partial charge in [0.05, 0.1) is 19.2 Å². The predicted octanol–water partition coefficient (Wildman–Crippen LogP) is 0.912. The van der Waals surface area contributed by atoms with Gasteiger partial charge in [0.1, 0.15) is 0 Å². The second-order valence-corrected chi connectivity index (χ2v) is 5.70. The van der Waals surface area contributed by atoms with E-state index >= 15 is 0 Å². The van der Waals surface area contributed by atoms with Crippen molar-refractivity contribution in [1.29, 1.82) is 0 Å². The predicted molar refractivity (Wildman–Crippen MR) is 73.5 cm³/mol. The molecule has 2 N–H and O–H groups in total. The van der Waals surface area contributed by atoms with Gasteiger partial charge in [-0.1, -0.05) is 20.3 Å². The standard InChI is InChI=1S/C14H26N2O3/c1-11(2)8-12(10-17)15-13(18)9-16-7-5-3-4-6-14(16)19/h11-12,17H,3-10H2,1-2H3,(H,15,18). The topological polar surface area (TPSA) is 69.6 Å². The Kier molecular flexibility index (Phi) is 6.84. The summed E-state index contributed by atoms with van der Waals surface area (Å²) in [5.74, 6) is 0.310. The van der Waals surface area contributed by atoms with Crippen LogP contribution in [0.5, 0.6) is 0 Å². The molecule has 1 saturated heterocycles. The molecule has 1 atom stereocenters. The number of nitrogens with zero attached hydrogens (tertiary/aromatic N) is 1. The molecule has 1 aliphatic rings. The number of hydrogen-bond donors (Lipinski definition) is 2. The van der Waals surface area contributed by atoms with Crippen LogP contribution in [0.3, 0.4) is 0 Å². The van der Waals surface area contributed by atoms with Gasteiger partial charge in [-0.25, -0.2) is 0 Å². The maximum atomic E-state index is 11.9. The Morgan fingerprint density at radius 3 is 2.74 bits per heavy atom. The fourth-order valence-electron chi connectivity index (χ4n) is 2.40. The van der Waals surface area contributed by atoms with Crippen LogP contribution >= 0.6 is 0 Å². The van der Waals surface area contributed by atoms with Gasteiger partial charge in [-0.2, -0.15) is 0 Å². The van der Waals surface area contributed by atoms with E-state index in [1.165, 1.54) is 0 Å². The van der Waals surface area contributed by atoms with Crippen molar-refractivity contribution < 1.29 is 14.7 Å². The molecular formula is C14H26N2O3. The maximum absolute atomic E-state index is 11.9. The minimum Gasteiger partial charge on any atom is -0.394 e. The van der Waals surface area contributed by atoms with Gasteiger partial charge >= 0.3 is 0 Å². The second kappa shape index (κ2) is 8.15. The first-order valence-corrected chi connectivity index (χ1v) is 7.21. The van der Waals surface area contributed by atoms with Gasteiger partial charge in [-0.15, -0.1) is 0 Å². The Morgan fingerprint density at radius 1 is 1.37 bits per heavy atom. The Labute approximate surface area is 115 Å². The molecule has 0 radical (unpaired) electrons. The van der Waals surface area contributed by atoms with Crippen molar-refractivity contribution in [2.45, 2.75) is 52.0 Å². The van der Waals surface area contributed by atoms with E-state index in [9.17, 15) is 14.7 Å². The molecule has 1 aliphatic heterocycles. The van der Waals surface area contributed by atoms with E-state index < -0.39 is 0 Å². The summed E-state index contributed by atoms with van der Waals surface area (Å²) in [4.78, 5) is 25.3. The highest BCUT2D eigenvalue weighted by molar-refractivity contribution is 5.85. The molecule has 19 heavy (non-hydrogen) atoms. The molecule has 0 aromatic heterocycles. The molecule has 1 fully saturated rings. The Morgan fingerprint density at radius 2 is 2.11 bits per heavy atom. The largest absolute Gasteiger partial charge is 0.394 e. The molecule has 0 saturated carbocycles. The summed E-state index contributed by atoms with van der Waals surface area (Å²) in [6.07, 6.45) is 4.23. The van der Waals surface area contributed by atoms with Crippen molar-refractivity contribution in [3.63, 3.8) is 0 Å². The van der Waals surface area contributed by atoms with E-state index in [0.717, 1.165) is 25.7 Å². The number of carbonyl (C=O) groups is 2. The first-order valence-electron chi connectivity index (χ1n) is 7.21. The van der Waals surface area contributed by atoms with Crippen LogP contribution in [0.25, 0.3) is 0 Å². The Balaban J connectivity index is 2.42. The zero-order valence-electron chi connectivity index (χ0n) is 12.0. The lowest BCUT2D eigenvalue weighted by molar-refractivity contribution is -0.136. The maximum Gasteiger partial charge on any atom is 0.239 e. The number of nitrogens with one attached hydrogen (secondary N) is 1. The summed E-state index contributed by atoms with van der Waals surface area (Å²) in [6.45, 7) is 4.83. The molecule has 0 bridgehead atoms. The van der Waals surface area contributed by atoms with E-state index in [4.69, 9.17) is 0 Å². The highest BCUT2D eigenvalue weighted by Crippen LogP contribution is 2.11. The average Bonchev–Trinajstić information content (AvgIpc) is 2.53. The molecule has 0 aliphatic carbocycles. The number of aliphatic hydroxyl groups is 1. The number of amides is 2. The SMILES string of the molecule is CC(C)CC(CO)NC(=O)CN1CCCCCC1=O. The van der Waals surface area contributed by atoms with Crippen molar-refractivity contribution >= 4 is 11.8 Å². The van der Waals surface area contributed by atoms with E-state index in [0.29, 0.717) is 18.9 Å². The molecule has 2 amide bonds. The summed E-state index contributed by atoms with van der Waals surface area (Å²) >= 11 is 0. The van der Waals surface area contributed by atoms with E-state index in [1.54, 1.807) is 4.90 Å². The summed E-state index contributed by atoms with van der Waals surface area (Å²) in [5, 5.41) is 12.0. The third-order valence-corrected chi connectivity index (χ3v) is 3.35. The lowest BCUT2D eigenvalue weighted by atomic mass is 10.0. The number of rotatable bonds is 6. The van der Waals surface area contributed by atoms with Gasteiger partial charge in [-0.05, 0) is 25.2 Å². The fourth-order valence-corrected chi connectivity index (χ4v) is 2.40. The van der Waals surface area contributed by atoms with Crippen LogP contribution in [0.2, 0.25) is 0 Å². The highest BCUT2D eigenvalue weighted by Gasteiger charge is 2.20. The van der Waals surface area contributed by atoms with Gasteiger partial charge in [0, 0.05) is 13.0 Å². The van der Waals surface area contributed by atoms with Crippen LogP contribution in [-0.2, 0) is 9.59 Å². The van der Waals surface area contributed by atoms with E-state index in [1.807, 2.05) is 13.8 Å². The van der Waals surface area contributed by atoms with Gasteiger partial charge in [0.15, 0.2) is 0 Å². The summed E-state index contributed by atoms with van der Waals surface area (Å²) in [6, 6.07) is -0.213. The minimum absolute atomic E-state index is 0.0577. The minimum atomic E-state index is -0.213. The van der Waals surface area contributed by atoms with Gasteiger partial charge in [-0.3, -0.25) is 9.59 Å². The number of hydrogen-bond acceptors (Lipinski definition) is 3. The van der Waals surface area contributed by atoms with Crippen molar-refractivity contribution in [3.8, 4) is 0 Å². The summed E-state index contributed by atoms with van der Waals surface area (Å²) < 4.78 is 0. The molecule has 0 spiro atoms. The molecule has 1 heterocycles. The van der Waals surface area contributed by atoms with Crippen molar-refractivity contribution in [1.82, 2.24) is 10.2 Å². The van der Waals surface area contributed by atoms with Crippen LogP contribution in [0.4, 0.5) is 0 Å².